The van der Waals surface area contributed by atoms with Crippen molar-refractivity contribution in [2.45, 2.75) is 39.8 Å². The highest BCUT2D eigenvalue weighted by Crippen LogP contribution is 2.35. The van der Waals surface area contributed by atoms with Crippen LogP contribution in [0.3, 0.4) is 0 Å². The van der Waals surface area contributed by atoms with Gasteiger partial charge in [0.25, 0.3) is 0 Å². The van der Waals surface area contributed by atoms with Gasteiger partial charge in [-0.1, -0.05) is 11.6 Å². The molecule has 1 heterocycles. The monoisotopic (exact) mass is 457 g/mol. The van der Waals surface area contributed by atoms with Crippen LogP contribution in [0.25, 0.3) is 22.2 Å². The molecule has 2 aromatic carbocycles. The molecule has 0 aliphatic heterocycles. The van der Waals surface area contributed by atoms with E-state index < -0.39 is 5.97 Å². The highest BCUT2D eigenvalue weighted by Gasteiger charge is 2.33. The fourth-order valence-electron chi connectivity index (χ4n) is 3.86. The van der Waals surface area contributed by atoms with Crippen molar-refractivity contribution in [3.05, 3.63) is 52.8 Å². The third kappa shape index (κ3) is 4.63. The molecule has 4 rings (SSSR count). The summed E-state index contributed by atoms with van der Waals surface area (Å²) in [5.74, 6) is -0.601. The second-order valence-electron chi connectivity index (χ2n) is 7.90. The first kappa shape index (κ1) is 22.3. The van der Waals surface area contributed by atoms with E-state index in [-0.39, 0.29) is 37.3 Å². The average molecular weight is 458 g/mol. The van der Waals surface area contributed by atoms with Gasteiger partial charge in [-0.15, -0.1) is 0 Å². The van der Waals surface area contributed by atoms with Gasteiger partial charge >= 0.3 is 5.97 Å². The predicted molar refractivity (Wildman–Crippen MR) is 121 cm³/mol. The average Bonchev–Trinajstić information content (AvgIpc) is 3.55. The van der Waals surface area contributed by atoms with Crippen LogP contribution in [0.15, 0.2) is 36.4 Å². The maximum atomic E-state index is 14.2. The molecular weight excluding hydrogens is 433 g/mol. The number of fused-ring (bicyclic) bond motifs is 1. The summed E-state index contributed by atoms with van der Waals surface area (Å²) in [5.41, 5.74) is 2.65. The van der Waals surface area contributed by atoms with Gasteiger partial charge in [-0.25, -0.2) is 4.39 Å². The van der Waals surface area contributed by atoms with Gasteiger partial charge < -0.3 is 9.64 Å². The molecule has 0 saturated heterocycles. The molecule has 1 fully saturated rings. The van der Waals surface area contributed by atoms with E-state index >= 15 is 0 Å². The molecule has 32 heavy (non-hydrogen) atoms. The highest BCUT2D eigenvalue weighted by atomic mass is 35.5. The fourth-order valence-corrected chi connectivity index (χ4v) is 4.04. The van der Waals surface area contributed by atoms with Crippen molar-refractivity contribution in [3.63, 3.8) is 0 Å². The Morgan fingerprint density at radius 1 is 1.22 bits per heavy atom. The number of ether oxygens (including phenoxy) is 1. The number of esters is 1. The number of halogens is 2. The second-order valence-corrected chi connectivity index (χ2v) is 8.34. The second kappa shape index (κ2) is 9.28. The van der Waals surface area contributed by atoms with Gasteiger partial charge in [0, 0.05) is 35.0 Å². The molecule has 1 aromatic heterocycles. The molecule has 0 unspecified atom stereocenters. The van der Waals surface area contributed by atoms with E-state index in [1.165, 1.54) is 12.1 Å². The predicted octanol–water partition coefficient (Wildman–Crippen LogP) is 4.82. The Morgan fingerprint density at radius 2 is 2.00 bits per heavy atom. The van der Waals surface area contributed by atoms with E-state index in [0.717, 1.165) is 18.2 Å². The lowest BCUT2D eigenvalue weighted by Gasteiger charge is -2.22. The number of rotatable bonds is 8. The summed E-state index contributed by atoms with van der Waals surface area (Å²) < 4.78 is 20.9. The van der Waals surface area contributed by atoms with Crippen LogP contribution in [-0.2, 0) is 27.4 Å². The van der Waals surface area contributed by atoms with Crippen LogP contribution in [0, 0.1) is 11.7 Å². The smallest absolute Gasteiger partial charge is 0.327 e. The van der Waals surface area contributed by atoms with Crippen molar-refractivity contribution in [3.8, 4) is 11.3 Å². The van der Waals surface area contributed by atoms with Crippen LogP contribution in [-0.4, -0.2) is 39.7 Å². The first-order chi connectivity index (χ1) is 15.4. The summed E-state index contributed by atoms with van der Waals surface area (Å²) >= 11 is 6.26. The Bertz CT molecular complexity index is 1170. The Balaban J connectivity index is 1.79. The quantitative estimate of drug-likeness (QED) is 0.455. The van der Waals surface area contributed by atoms with Crippen molar-refractivity contribution >= 4 is 34.4 Å². The van der Waals surface area contributed by atoms with E-state index in [1.807, 2.05) is 6.92 Å². The Hall–Kier alpha value is -2.93. The fraction of sp³-hybridized carbons (Fsp3) is 0.375. The minimum Gasteiger partial charge on any atom is -0.465 e. The molecule has 0 radical (unpaired) electrons. The third-order valence-corrected chi connectivity index (χ3v) is 5.84. The van der Waals surface area contributed by atoms with Gasteiger partial charge in [-0.05, 0) is 68.7 Å². The Morgan fingerprint density at radius 3 is 2.69 bits per heavy atom. The van der Waals surface area contributed by atoms with Crippen molar-refractivity contribution < 1.29 is 18.7 Å². The largest absolute Gasteiger partial charge is 0.465 e. The molecule has 0 atom stereocenters. The molecular formula is C24H25ClFN3O3. The summed E-state index contributed by atoms with van der Waals surface area (Å²) in [5, 5.41) is 5.94. The Labute approximate surface area is 190 Å². The van der Waals surface area contributed by atoms with E-state index in [4.69, 9.17) is 16.3 Å². The summed E-state index contributed by atoms with van der Waals surface area (Å²) in [7, 11) is 0. The van der Waals surface area contributed by atoms with Crippen LogP contribution in [0.2, 0.25) is 5.02 Å². The zero-order valence-corrected chi connectivity index (χ0v) is 18.9. The van der Waals surface area contributed by atoms with Crippen molar-refractivity contribution in [2.75, 3.05) is 13.2 Å². The molecule has 1 aliphatic carbocycles. The maximum Gasteiger partial charge on any atom is 0.327 e. The SMILES string of the molecule is CCOC(=O)Cn1nc(-c2ccc(F)cc2CN(CC)C(=O)C2CC2)c2cc(Cl)ccc21. The number of hydrogen-bond donors (Lipinski definition) is 0. The van der Waals surface area contributed by atoms with Gasteiger partial charge in [0.1, 0.15) is 18.1 Å². The lowest BCUT2D eigenvalue weighted by Crippen LogP contribution is -2.31. The molecule has 8 heteroatoms. The number of carbonyl (C=O) groups excluding carboxylic acids is 2. The zero-order valence-electron chi connectivity index (χ0n) is 18.1. The van der Waals surface area contributed by atoms with E-state index in [1.54, 1.807) is 40.8 Å². The zero-order chi connectivity index (χ0) is 22.8. The molecule has 1 saturated carbocycles. The molecule has 3 aromatic rings. The molecule has 168 valence electrons. The maximum absolute atomic E-state index is 14.2. The van der Waals surface area contributed by atoms with Crippen molar-refractivity contribution in [1.29, 1.82) is 0 Å². The van der Waals surface area contributed by atoms with Crippen LogP contribution < -0.4 is 0 Å². The van der Waals surface area contributed by atoms with Crippen molar-refractivity contribution in [1.82, 2.24) is 14.7 Å². The molecule has 0 bridgehead atoms. The first-order valence-corrected chi connectivity index (χ1v) is 11.2. The van der Waals surface area contributed by atoms with Crippen LogP contribution in [0.1, 0.15) is 32.3 Å². The van der Waals surface area contributed by atoms with Gasteiger partial charge in [-0.2, -0.15) is 5.10 Å². The van der Waals surface area contributed by atoms with Gasteiger partial charge in [-0.3, -0.25) is 14.3 Å². The minimum atomic E-state index is -0.398. The first-order valence-electron chi connectivity index (χ1n) is 10.8. The van der Waals surface area contributed by atoms with Crippen LogP contribution in [0.5, 0.6) is 0 Å². The van der Waals surface area contributed by atoms with Crippen molar-refractivity contribution in [2.24, 2.45) is 5.92 Å². The van der Waals surface area contributed by atoms with E-state index in [2.05, 4.69) is 5.10 Å². The summed E-state index contributed by atoms with van der Waals surface area (Å²) in [6.45, 7) is 4.71. The van der Waals surface area contributed by atoms with Gasteiger partial charge in [0.15, 0.2) is 0 Å². The number of aromatic nitrogens is 2. The molecule has 0 spiro atoms. The van der Waals surface area contributed by atoms with Gasteiger partial charge in [0.05, 0.1) is 12.1 Å². The third-order valence-electron chi connectivity index (χ3n) is 5.60. The highest BCUT2D eigenvalue weighted by molar-refractivity contribution is 6.31. The van der Waals surface area contributed by atoms with E-state index in [0.29, 0.717) is 33.9 Å². The van der Waals surface area contributed by atoms with Crippen LogP contribution >= 0.6 is 11.6 Å². The summed E-state index contributed by atoms with van der Waals surface area (Å²) in [6.07, 6.45) is 1.82. The van der Waals surface area contributed by atoms with E-state index in [9.17, 15) is 14.0 Å². The lowest BCUT2D eigenvalue weighted by atomic mass is 10.0. The number of benzene rings is 2. The van der Waals surface area contributed by atoms with Crippen LogP contribution in [0.4, 0.5) is 4.39 Å². The molecule has 6 nitrogen and oxygen atoms in total. The number of hydrogen-bond acceptors (Lipinski definition) is 4. The number of carbonyl (C=O) groups is 2. The topological polar surface area (TPSA) is 64.4 Å². The standard InChI is InChI=1S/C24H25ClFN3O3/c1-3-28(24(31)15-5-6-15)13-16-11-18(26)8-9-19(16)23-20-12-17(25)7-10-21(20)29(27-23)14-22(30)32-4-2/h7-12,15H,3-6,13-14H2,1-2H3. The molecule has 1 aliphatic rings. The molecule has 0 N–H and O–H groups in total. The summed E-state index contributed by atoms with van der Waals surface area (Å²) in [4.78, 5) is 26.5. The molecule has 1 amide bonds. The normalized spacial score (nSPS) is 13.4. The van der Waals surface area contributed by atoms with Gasteiger partial charge in [0.2, 0.25) is 5.91 Å². The summed E-state index contributed by atoms with van der Waals surface area (Å²) in [6, 6.07) is 9.79. The number of amides is 1. The number of nitrogens with zero attached hydrogens (tertiary/aromatic N) is 3. The Kier molecular flexibility index (Phi) is 6.46. The lowest BCUT2D eigenvalue weighted by molar-refractivity contribution is -0.144. The minimum absolute atomic E-state index is 0.0518.